The average Bonchev–Trinajstić information content (AvgIpc) is 2.50. The van der Waals surface area contributed by atoms with E-state index in [1.54, 1.807) is 0 Å². The zero-order valence-corrected chi connectivity index (χ0v) is 11.0. The van der Waals surface area contributed by atoms with E-state index in [0.717, 1.165) is 0 Å². The molecule has 0 atom stereocenters. The third-order valence-electron chi connectivity index (χ3n) is 3.86. The molecule has 0 saturated carbocycles. The van der Waals surface area contributed by atoms with Crippen LogP contribution in [0.5, 0.6) is 0 Å². The van der Waals surface area contributed by atoms with Crippen molar-refractivity contribution < 1.29 is 14.1 Å². The summed E-state index contributed by atoms with van der Waals surface area (Å²) in [6, 6.07) is 5.74. The van der Waals surface area contributed by atoms with Gasteiger partial charge in [0, 0.05) is 18.6 Å². The summed E-state index contributed by atoms with van der Waals surface area (Å²) in [4.78, 5) is 11.5. The van der Waals surface area contributed by atoms with Gasteiger partial charge in [0.25, 0.3) is 0 Å². The molecule has 1 aromatic carbocycles. The molecular weight excluding hydrogens is 214 g/mol. The standard InChI is InChI=1S/C14H18NO2/c1-9-14(2,3)11-8-10(13(16)17-5)6-7-12(11)15(9)4/h6-8H,1-5H3/q+1. The van der Waals surface area contributed by atoms with Gasteiger partial charge in [0.1, 0.15) is 7.05 Å². The molecule has 90 valence electrons. The van der Waals surface area contributed by atoms with E-state index in [2.05, 4.69) is 32.4 Å². The molecule has 0 spiro atoms. The van der Waals surface area contributed by atoms with Crippen molar-refractivity contribution >= 4 is 17.4 Å². The summed E-state index contributed by atoms with van der Waals surface area (Å²) < 4.78 is 6.94. The van der Waals surface area contributed by atoms with Crippen molar-refractivity contribution in [3.8, 4) is 0 Å². The van der Waals surface area contributed by atoms with Crippen molar-refractivity contribution in [2.24, 2.45) is 0 Å². The van der Waals surface area contributed by atoms with Crippen LogP contribution in [-0.4, -0.2) is 30.4 Å². The first-order valence-electron chi connectivity index (χ1n) is 5.70. The van der Waals surface area contributed by atoms with Gasteiger partial charge in [-0.2, -0.15) is 0 Å². The first kappa shape index (κ1) is 11.8. The van der Waals surface area contributed by atoms with Crippen LogP contribution in [0, 0.1) is 0 Å². The van der Waals surface area contributed by atoms with Crippen LogP contribution >= 0.6 is 0 Å². The van der Waals surface area contributed by atoms with Gasteiger partial charge in [-0.3, -0.25) is 0 Å². The SMILES string of the molecule is COC(=O)c1ccc2c(c1)C(C)(C)C(C)=[N+]2C. The third kappa shape index (κ3) is 1.57. The highest BCUT2D eigenvalue weighted by atomic mass is 16.5. The molecule has 1 aliphatic rings. The molecule has 1 heterocycles. The lowest BCUT2D eigenvalue weighted by molar-refractivity contribution is -0.403. The minimum absolute atomic E-state index is 0.0336. The summed E-state index contributed by atoms with van der Waals surface area (Å²) in [7, 11) is 3.46. The van der Waals surface area contributed by atoms with Crippen molar-refractivity contribution in [3.63, 3.8) is 0 Å². The van der Waals surface area contributed by atoms with Gasteiger partial charge in [-0.1, -0.05) is 0 Å². The Labute approximate surface area is 102 Å². The quantitative estimate of drug-likeness (QED) is 0.550. The predicted molar refractivity (Wildman–Crippen MR) is 67.3 cm³/mol. The summed E-state index contributed by atoms with van der Waals surface area (Å²) >= 11 is 0. The van der Waals surface area contributed by atoms with Crippen LogP contribution in [-0.2, 0) is 10.2 Å². The van der Waals surface area contributed by atoms with Gasteiger partial charge in [0.05, 0.1) is 18.1 Å². The van der Waals surface area contributed by atoms with Crippen molar-refractivity contribution in [1.82, 2.24) is 0 Å². The molecule has 0 fully saturated rings. The molecule has 0 saturated heterocycles. The number of ether oxygens (including phenoxy) is 1. The van der Waals surface area contributed by atoms with Crippen LogP contribution in [0.25, 0.3) is 0 Å². The summed E-state index contributed by atoms with van der Waals surface area (Å²) in [5, 5.41) is 0. The molecule has 17 heavy (non-hydrogen) atoms. The van der Waals surface area contributed by atoms with Crippen LogP contribution in [0.4, 0.5) is 5.69 Å². The molecule has 0 bridgehead atoms. The monoisotopic (exact) mass is 232 g/mol. The molecule has 0 radical (unpaired) electrons. The number of rotatable bonds is 1. The van der Waals surface area contributed by atoms with Crippen LogP contribution in [0.15, 0.2) is 18.2 Å². The molecule has 0 unspecified atom stereocenters. The summed E-state index contributed by atoms with van der Waals surface area (Å²) in [6.07, 6.45) is 0. The van der Waals surface area contributed by atoms with E-state index in [9.17, 15) is 4.79 Å². The lowest BCUT2D eigenvalue weighted by atomic mass is 9.81. The van der Waals surface area contributed by atoms with Crippen molar-refractivity contribution in [3.05, 3.63) is 29.3 Å². The van der Waals surface area contributed by atoms with E-state index in [1.165, 1.54) is 24.1 Å². The lowest BCUT2D eigenvalue weighted by Gasteiger charge is -2.15. The van der Waals surface area contributed by atoms with E-state index in [-0.39, 0.29) is 11.4 Å². The first-order chi connectivity index (χ1) is 7.89. The fourth-order valence-electron chi connectivity index (χ4n) is 2.37. The van der Waals surface area contributed by atoms with Gasteiger partial charge in [-0.25, -0.2) is 9.37 Å². The summed E-state index contributed by atoms with van der Waals surface area (Å²) in [5.74, 6) is -0.282. The van der Waals surface area contributed by atoms with Gasteiger partial charge in [-0.15, -0.1) is 0 Å². The minimum Gasteiger partial charge on any atom is -0.465 e. The number of nitrogens with zero attached hydrogens (tertiary/aromatic N) is 1. The number of hydrogen-bond donors (Lipinski definition) is 0. The Morgan fingerprint density at radius 1 is 1.35 bits per heavy atom. The smallest absolute Gasteiger partial charge is 0.337 e. The molecular formula is C14H18NO2+. The van der Waals surface area contributed by atoms with Crippen LogP contribution in [0.1, 0.15) is 36.7 Å². The number of fused-ring (bicyclic) bond motifs is 1. The predicted octanol–water partition coefficient (Wildman–Crippen LogP) is 2.50. The Morgan fingerprint density at radius 2 is 2.00 bits per heavy atom. The molecule has 0 amide bonds. The van der Waals surface area contributed by atoms with Crippen molar-refractivity contribution in [2.75, 3.05) is 14.2 Å². The maximum absolute atomic E-state index is 11.5. The lowest BCUT2D eigenvalue weighted by Crippen LogP contribution is -2.25. The number of methoxy groups -OCH3 is 1. The van der Waals surface area contributed by atoms with Gasteiger partial charge in [0.15, 0.2) is 5.71 Å². The first-order valence-corrected chi connectivity index (χ1v) is 5.70. The second-order valence-corrected chi connectivity index (χ2v) is 4.99. The molecule has 1 aromatic rings. The van der Waals surface area contributed by atoms with Gasteiger partial charge < -0.3 is 4.74 Å². The van der Waals surface area contributed by atoms with E-state index in [4.69, 9.17) is 4.74 Å². The van der Waals surface area contributed by atoms with E-state index < -0.39 is 0 Å². The second-order valence-electron chi connectivity index (χ2n) is 4.99. The fourth-order valence-corrected chi connectivity index (χ4v) is 2.37. The second kappa shape index (κ2) is 3.69. The average molecular weight is 232 g/mol. The number of benzene rings is 1. The normalized spacial score (nSPS) is 17.0. The van der Waals surface area contributed by atoms with Crippen LogP contribution in [0.3, 0.4) is 0 Å². The molecule has 2 rings (SSSR count). The number of esters is 1. The maximum atomic E-state index is 11.5. The van der Waals surface area contributed by atoms with Gasteiger partial charge in [0.2, 0.25) is 5.69 Å². The van der Waals surface area contributed by atoms with Crippen LogP contribution < -0.4 is 0 Å². The van der Waals surface area contributed by atoms with Gasteiger partial charge >= 0.3 is 5.97 Å². The molecule has 0 aliphatic carbocycles. The van der Waals surface area contributed by atoms with Crippen molar-refractivity contribution in [1.29, 1.82) is 0 Å². The van der Waals surface area contributed by atoms with Gasteiger partial charge in [-0.05, 0) is 26.0 Å². The Morgan fingerprint density at radius 3 is 2.59 bits per heavy atom. The Balaban J connectivity index is 2.59. The molecule has 3 nitrogen and oxygen atoms in total. The highest BCUT2D eigenvalue weighted by molar-refractivity contribution is 5.96. The third-order valence-corrected chi connectivity index (χ3v) is 3.86. The number of carbonyl (C=O) groups is 1. The zero-order chi connectivity index (χ0) is 12.8. The number of hydrogen-bond acceptors (Lipinski definition) is 2. The summed E-state index contributed by atoms with van der Waals surface area (Å²) in [6.45, 7) is 6.47. The van der Waals surface area contributed by atoms with Crippen molar-refractivity contribution in [2.45, 2.75) is 26.2 Å². The summed E-state index contributed by atoms with van der Waals surface area (Å²) in [5.41, 5.74) is 4.21. The molecule has 3 heteroatoms. The minimum atomic E-state index is -0.282. The highest BCUT2D eigenvalue weighted by Gasteiger charge is 2.41. The Bertz CT molecular complexity index is 527. The highest BCUT2D eigenvalue weighted by Crippen LogP contribution is 2.39. The molecule has 0 N–H and O–H groups in total. The van der Waals surface area contributed by atoms with E-state index >= 15 is 0 Å². The molecule has 0 aromatic heterocycles. The Kier molecular flexibility index (Phi) is 2.57. The number of carbonyl (C=O) groups excluding carboxylic acids is 1. The Hall–Kier alpha value is -1.64. The fraction of sp³-hybridized carbons (Fsp3) is 0.429. The van der Waals surface area contributed by atoms with E-state index in [0.29, 0.717) is 5.56 Å². The topological polar surface area (TPSA) is 29.3 Å². The molecule has 1 aliphatic heterocycles. The largest absolute Gasteiger partial charge is 0.465 e. The maximum Gasteiger partial charge on any atom is 0.337 e. The zero-order valence-electron chi connectivity index (χ0n) is 11.0. The van der Waals surface area contributed by atoms with E-state index in [1.807, 2.05) is 18.2 Å². The van der Waals surface area contributed by atoms with Crippen LogP contribution in [0.2, 0.25) is 0 Å².